The molecule has 19 heavy (non-hydrogen) atoms. The van der Waals surface area contributed by atoms with E-state index in [1.807, 2.05) is 17.9 Å². The van der Waals surface area contributed by atoms with Crippen molar-refractivity contribution in [1.82, 2.24) is 15.1 Å². The van der Waals surface area contributed by atoms with Crippen molar-refractivity contribution in [2.75, 3.05) is 13.1 Å². The van der Waals surface area contributed by atoms with Crippen LogP contribution in [0.25, 0.3) is 11.3 Å². The molecule has 1 aromatic heterocycles. The number of aryl methyl sites for hydroxylation is 1. The molecule has 0 spiro atoms. The molecule has 1 aromatic carbocycles. The SMILES string of the molecule is Cc1c(CC2=NCCN2)cccc1-c1ccnn1C. The fourth-order valence-corrected chi connectivity index (χ4v) is 2.54. The molecule has 2 aromatic rings. The first-order valence-corrected chi connectivity index (χ1v) is 6.60. The Labute approximate surface area is 113 Å². The highest BCUT2D eigenvalue weighted by atomic mass is 15.3. The molecule has 98 valence electrons. The first kappa shape index (κ1) is 12.0. The topological polar surface area (TPSA) is 42.2 Å². The fourth-order valence-electron chi connectivity index (χ4n) is 2.54. The van der Waals surface area contributed by atoms with E-state index in [-0.39, 0.29) is 0 Å². The van der Waals surface area contributed by atoms with Crippen LogP contribution in [0.15, 0.2) is 35.5 Å². The molecule has 0 atom stereocenters. The van der Waals surface area contributed by atoms with Crippen LogP contribution < -0.4 is 5.32 Å². The van der Waals surface area contributed by atoms with Crippen LogP contribution >= 0.6 is 0 Å². The third-order valence-electron chi connectivity index (χ3n) is 3.64. The Morgan fingerprint density at radius 2 is 2.21 bits per heavy atom. The fraction of sp³-hybridized carbons (Fsp3) is 0.333. The molecule has 1 aliphatic heterocycles. The van der Waals surface area contributed by atoms with Crippen molar-refractivity contribution in [3.8, 4) is 11.3 Å². The van der Waals surface area contributed by atoms with Crippen molar-refractivity contribution >= 4 is 5.84 Å². The minimum absolute atomic E-state index is 0.886. The summed E-state index contributed by atoms with van der Waals surface area (Å²) >= 11 is 0. The lowest BCUT2D eigenvalue weighted by Crippen LogP contribution is -2.21. The van der Waals surface area contributed by atoms with Crippen LogP contribution in [0, 0.1) is 6.92 Å². The average Bonchev–Trinajstić information content (AvgIpc) is 3.04. The molecule has 2 heterocycles. The third-order valence-corrected chi connectivity index (χ3v) is 3.64. The van der Waals surface area contributed by atoms with E-state index in [9.17, 15) is 0 Å². The van der Waals surface area contributed by atoms with Gasteiger partial charge in [-0.1, -0.05) is 18.2 Å². The number of hydrogen-bond acceptors (Lipinski definition) is 3. The van der Waals surface area contributed by atoms with Crippen molar-refractivity contribution in [2.24, 2.45) is 12.0 Å². The van der Waals surface area contributed by atoms with Gasteiger partial charge >= 0.3 is 0 Å². The Kier molecular flexibility index (Phi) is 3.07. The summed E-state index contributed by atoms with van der Waals surface area (Å²) in [7, 11) is 1.98. The summed E-state index contributed by atoms with van der Waals surface area (Å²) in [5, 5.41) is 7.58. The van der Waals surface area contributed by atoms with Crippen LogP contribution in [0.2, 0.25) is 0 Å². The van der Waals surface area contributed by atoms with Gasteiger partial charge in [-0.3, -0.25) is 9.67 Å². The number of benzene rings is 1. The highest BCUT2D eigenvalue weighted by Crippen LogP contribution is 2.25. The minimum Gasteiger partial charge on any atom is -0.372 e. The van der Waals surface area contributed by atoms with Crippen molar-refractivity contribution in [3.05, 3.63) is 41.6 Å². The summed E-state index contributed by atoms with van der Waals surface area (Å²) in [5.74, 6) is 1.10. The number of nitrogens with one attached hydrogen (secondary N) is 1. The van der Waals surface area contributed by atoms with Crippen LogP contribution in [-0.4, -0.2) is 28.7 Å². The molecule has 4 nitrogen and oxygen atoms in total. The highest BCUT2D eigenvalue weighted by Gasteiger charge is 2.12. The van der Waals surface area contributed by atoms with Gasteiger partial charge in [0.25, 0.3) is 0 Å². The third kappa shape index (κ3) is 2.26. The van der Waals surface area contributed by atoms with E-state index < -0.39 is 0 Å². The summed E-state index contributed by atoms with van der Waals surface area (Å²) in [4.78, 5) is 4.47. The Morgan fingerprint density at radius 3 is 2.89 bits per heavy atom. The predicted molar refractivity (Wildman–Crippen MR) is 77.4 cm³/mol. The number of aromatic nitrogens is 2. The zero-order chi connectivity index (χ0) is 13.2. The zero-order valence-corrected chi connectivity index (χ0v) is 11.3. The van der Waals surface area contributed by atoms with E-state index in [0.29, 0.717) is 0 Å². The van der Waals surface area contributed by atoms with Crippen molar-refractivity contribution in [3.63, 3.8) is 0 Å². The summed E-state index contributed by atoms with van der Waals surface area (Å²) in [6, 6.07) is 8.50. The van der Waals surface area contributed by atoms with E-state index in [1.54, 1.807) is 0 Å². The lowest BCUT2D eigenvalue weighted by atomic mass is 9.97. The minimum atomic E-state index is 0.886. The maximum absolute atomic E-state index is 4.47. The molecule has 1 aliphatic rings. The molecule has 1 N–H and O–H groups in total. The van der Waals surface area contributed by atoms with Crippen molar-refractivity contribution < 1.29 is 0 Å². The molecule has 4 heteroatoms. The number of rotatable bonds is 3. The van der Waals surface area contributed by atoms with Gasteiger partial charge in [0, 0.05) is 31.8 Å². The summed E-state index contributed by atoms with van der Waals surface area (Å²) in [6.07, 6.45) is 2.72. The second-order valence-electron chi connectivity index (χ2n) is 4.86. The Bertz CT molecular complexity index is 625. The molecule has 0 aliphatic carbocycles. The lowest BCUT2D eigenvalue weighted by Gasteiger charge is -2.12. The van der Waals surface area contributed by atoms with Gasteiger partial charge in [-0.05, 0) is 24.1 Å². The maximum Gasteiger partial charge on any atom is 0.101 e. The van der Waals surface area contributed by atoms with Gasteiger partial charge in [-0.15, -0.1) is 0 Å². The van der Waals surface area contributed by atoms with Crippen molar-refractivity contribution in [1.29, 1.82) is 0 Å². The number of amidine groups is 1. The van der Waals surface area contributed by atoms with E-state index in [1.165, 1.54) is 16.7 Å². The smallest absolute Gasteiger partial charge is 0.101 e. The predicted octanol–water partition coefficient (Wildman–Crippen LogP) is 1.94. The second kappa shape index (κ2) is 4.88. The van der Waals surface area contributed by atoms with Crippen LogP contribution in [0.4, 0.5) is 0 Å². The van der Waals surface area contributed by atoms with Crippen LogP contribution in [0.1, 0.15) is 11.1 Å². The molecular formula is C15H18N4. The first-order valence-electron chi connectivity index (χ1n) is 6.60. The second-order valence-corrected chi connectivity index (χ2v) is 4.86. The van der Waals surface area contributed by atoms with Crippen LogP contribution in [0.3, 0.4) is 0 Å². The normalized spacial score (nSPS) is 14.3. The number of nitrogens with zero attached hydrogens (tertiary/aromatic N) is 3. The Hall–Kier alpha value is -2.10. The highest BCUT2D eigenvalue weighted by molar-refractivity contribution is 5.86. The monoisotopic (exact) mass is 254 g/mol. The molecule has 0 amide bonds. The maximum atomic E-state index is 4.47. The Balaban J connectivity index is 1.97. The number of aliphatic imine (C=N–C) groups is 1. The van der Waals surface area contributed by atoms with Gasteiger partial charge in [0.2, 0.25) is 0 Å². The summed E-state index contributed by atoms with van der Waals surface area (Å²) in [5.41, 5.74) is 5.03. The van der Waals surface area contributed by atoms with Gasteiger partial charge in [0.1, 0.15) is 5.84 Å². The molecule has 0 radical (unpaired) electrons. The number of hydrogen-bond donors (Lipinski definition) is 1. The molecule has 0 saturated heterocycles. The molecular weight excluding hydrogens is 236 g/mol. The van der Waals surface area contributed by atoms with Gasteiger partial charge in [-0.2, -0.15) is 5.10 Å². The zero-order valence-electron chi connectivity index (χ0n) is 11.3. The largest absolute Gasteiger partial charge is 0.372 e. The first-order chi connectivity index (χ1) is 9.25. The quantitative estimate of drug-likeness (QED) is 0.909. The summed E-state index contributed by atoms with van der Waals surface area (Å²) in [6.45, 7) is 4.04. The van der Waals surface area contributed by atoms with Gasteiger partial charge in [-0.25, -0.2) is 0 Å². The van der Waals surface area contributed by atoms with E-state index in [0.717, 1.165) is 31.0 Å². The van der Waals surface area contributed by atoms with Crippen LogP contribution in [0.5, 0.6) is 0 Å². The molecule has 0 saturated carbocycles. The van der Waals surface area contributed by atoms with Gasteiger partial charge < -0.3 is 5.32 Å². The van der Waals surface area contributed by atoms with E-state index >= 15 is 0 Å². The van der Waals surface area contributed by atoms with Gasteiger partial charge in [0.05, 0.1) is 12.2 Å². The molecule has 3 rings (SSSR count). The molecule has 0 fully saturated rings. The standard InChI is InChI=1S/C15H18N4/c1-11-12(10-15-16-8-9-17-15)4-3-5-13(11)14-6-7-18-19(14)2/h3-7H,8-10H2,1-2H3,(H,16,17). The Morgan fingerprint density at radius 1 is 1.32 bits per heavy atom. The molecule has 0 unspecified atom stereocenters. The van der Waals surface area contributed by atoms with Gasteiger partial charge in [0.15, 0.2) is 0 Å². The average molecular weight is 254 g/mol. The molecule has 0 bridgehead atoms. The van der Waals surface area contributed by atoms with E-state index in [2.05, 4.69) is 46.6 Å². The van der Waals surface area contributed by atoms with Crippen LogP contribution in [-0.2, 0) is 13.5 Å². The lowest BCUT2D eigenvalue weighted by molar-refractivity contribution is 0.775. The van der Waals surface area contributed by atoms with E-state index in [4.69, 9.17) is 0 Å². The van der Waals surface area contributed by atoms with Crippen molar-refractivity contribution in [2.45, 2.75) is 13.3 Å². The summed E-state index contributed by atoms with van der Waals surface area (Å²) < 4.78 is 1.91.